The lowest BCUT2D eigenvalue weighted by atomic mass is 10.0. The fourth-order valence-electron chi connectivity index (χ4n) is 2.25. The van der Waals surface area contributed by atoms with Gasteiger partial charge in [0.25, 0.3) is 0 Å². The van der Waals surface area contributed by atoms with E-state index in [-0.39, 0.29) is 0 Å². The molecule has 0 aliphatic carbocycles. The molecule has 3 rings (SSSR count). The molecule has 0 radical (unpaired) electrons. The average Bonchev–Trinajstić information content (AvgIpc) is 2.56. The zero-order chi connectivity index (χ0) is 14.3. The van der Waals surface area contributed by atoms with Crippen LogP contribution in [0.4, 0.5) is 0 Å². The van der Waals surface area contributed by atoms with Gasteiger partial charge in [0.05, 0.1) is 11.6 Å². The average molecular weight is 391 g/mol. The minimum atomic E-state index is 0.649. The van der Waals surface area contributed by atoms with Gasteiger partial charge in [-0.05, 0) is 62.5 Å². The molecule has 0 aromatic heterocycles. The predicted molar refractivity (Wildman–Crippen MR) is 87.1 cm³/mol. The van der Waals surface area contributed by atoms with Crippen LogP contribution in [0.1, 0.15) is 22.3 Å². The molecule has 2 aromatic carbocycles. The third kappa shape index (κ3) is 1.98. The third-order valence-corrected chi connectivity index (χ3v) is 5.45. The highest BCUT2D eigenvalue weighted by atomic mass is 79.9. The van der Waals surface area contributed by atoms with E-state index in [2.05, 4.69) is 37.9 Å². The zero-order valence-corrected chi connectivity index (χ0v) is 13.7. The molecule has 0 spiro atoms. The van der Waals surface area contributed by atoms with Gasteiger partial charge in [0.15, 0.2) is 0 Å². The summed E-state index contributed by atoms with van der Waals surface area (Å²) in [6.07, 6.45) is 0. The Morgan fingerprint density at radius 1 is 1.00 bits per heavy atom. The SMILES string of the molecule is Cc1c(C#N)ccc2c1C(Br)=C(Br)c1ccccc1O2. The first kappa shape index (κ1) is 13.4. The van der Waals surface area contributed by atoms with E-state index in [1.807, 2.05) is 37.3 Å². The summed E-state index contributed by atoms with van der Waals surface area (Å²) in [4.78, 5) is 0. The highest BCUT2D eigenvalue weighted by molar-refractivity contribution is 9.18. The van der Waals surface area contributed by atoms with Gasteiger partial charge in [0.1, 0.15) is 11.5 Å². The first-order valence-corrected chi connectivity index (χ1v) is 7.58. The van der Waals surface area contributed by atoms with E-state index in [9.17, 15) is 5.26 Å². The van der Waals surface area contributed by atoms with Gasteiger partial charge in [-0.3, -0.25) is 0 Å². The number of fused-ring (bicyclic) bond motifs is 2. The molecule has 2 nitrogen and oxygen atoms in total. The van der Waals surface area contributed by atoms with Gasteiger partial charge in [-0.2, -0.15) is 5.26 Å². The molecule has 0 bridgehead atoms. The lowest BCUT2D eigenvalue weighted by molar-refractivity contribution is 0.481. The minimum absolute atomic E-state index is 0.649. The van der Waals surface area contributed by atoms with Crippen molar-refractivity contribution in [3.63, 3.8) is 0 Å². The van der Waals surface area contributed by atoms with Crippen molar-refractivity contribution in [3.8, 4) is 17.6 Å². The Balaban J connectivity index is 2.36. The third-order valence-electron chi connectivity index (χ3n) is 3.30. The summed E-state index contributed by atoms with van der Waals surface area (Å²) in [6, 6.07) is 13.7. The standard InChI is InChI=1S/C16H9Br2NO/c1-9-10(8-19)6-7-13-14(9)16(18)15(17)11-4-2-3-5-12(11)20-13/h2-7H,1H3. The van der Waals surface area contributed by atoms with Crippen LogP contribution >= 0.6 is 31.9 Å². The molecular weight excluding hydrogens is 382 g/mol. The van der Waals surface area contributed by atoms with Crippen molar-refractivity contribution in [3.05, 3.63) is 58.7 Å². The molecule has 1 heterocycles. The van der Waals surface area contributed by atoms with Crippen molar-refractivity contribution in [1.29, 1.82) is 5.26 Å². The summed E-state index contributed by atoms with van der Waals surface area (Å²) < 4.78 is 7.83. The molecule has 0 saturated heterocycles. The van der Waals surface area contributed by atoms with Gasteiger partial charge in [-0.1, -0.05) is 18.2 Å². The number of nitriles is 1. The second kappa shape index (κ2) is 5.08. The fraction of sp³-hybridized carbons (Fsp3) is 0.0625. The van der Waals surface area contributed by atoms with Crippen LogP contribution in [0.25, 0.3) is 8.96 Å². The van der Waals surface area contributed by atoms with Gasteiger partial charge >= 0.3 is 0 Å². The number of nitrogens with zero attached hydrogens (tertiary/aromatic N) is 1. The monoisotopic (exact) mass is 389 g/mol. The largest absolute Gasteiger partial charge is 0.456 e. The maximum absolute atomic E-state index is 9.18. The molecule has 0 N–H and O–H groups in total. The van der Waals surface area contributed by atoms with Gasteiger partial charge in [0.2, 0.25) is 0 Å². The summed E-state index contributed by atoms with van der Waals surface area (Å²) in [5, 5.41) is 9.18. The second-order valence-electron chi connectivity index (χ2n) is 4.45. The van der Waals surface area contributed by atoms with E-state index in [0.717, 1.165) is 37.2 Å². The predicted octanol–water partition coefficient (Wildman–Crippen LogP) is 5.59. The Morgan fingerprint density at radius 3 is 2.50 bits per heavy atom. The Kier molecular flexibility index (Phi) is 3.41. The summed E-state index contributed by atoms with van der Waals surface area (Å²) in [5.41, 5.74) is 3.44. The van der Waals surface area contributed by atoms with Crippen molar-refractivity contribution in [2.24, 2.45) is 0 Å². The summed E-state index contributed by atoms with van der Waals surface area (Å²) in [6.45, 7) is 1.93. The topological polar surface area (TPSA) is 33.0 Å². The van der Waals surface area contributed by atoms with Crippen molar-refractivity contribution >= 4 is 40.8 Å². The molecule has 0 fully saturated rings. The minimum Gasteiger partial charge on any atom is -0.456 e. The Morgan fingerprint density at radius 2 is 1.75 bits per heavy atom. The van der Waals surface area contributed by atoms with Crippen molar-refractivity contribution in [2.45, 2.75) is 6.92 Å². The lowest BCUT2D eigenvalue weighted by Gasteiger charge is -2.12. The van der Waals surface area contributed by atoms with Crippen molar-refractivity contribution in [1.82, 2.24) is 0 Å². The smallest absolute Gasteiger partial charge is 0.136 e. The van der Waals surface area contributed by atoms with Crippen LogP contribution in [0, 0.1) is 18.3 Å². The van der Waals surface area contributed by atoms with Crippen LogP contribution in [0.2, 0.25) is 0 Å². The number of ether oxygens (including phenoxy) is 1. The Hall–Kier alpha value is -1.57. The maximum Gasteiger partial charge on any atom is 0.136 e. The van der Waals surface area contributed by atoms with Gasteiger partial charge < -0.3 is 4.74 Å². The van der Waals surface area contributed by atoms with E-state index in [1.165, 1.54) is 0 Å². The number of rotatable bonds is 0. The van der Waals surface area contributed by atoms with Crippen LogP contribution in [0.5, 0.6) is 11.5 Å². The Labute approximate surface area is 133 Å². The fourth-order valence-corrected chi connectivity index (χ4v) is 3.48. The highest BCUT2D eigenvalue weighted by Crippen LogP contribution is 2.48. The van der Waals surface area contributed by atoms with Crippen LogP contribution in [-0.4, -0.2) is 0 Å². The molecule has 0 amide bonds. The first-order valence-electron chi connectivity index (χ1n) is 6.00. The number of para-hydroxylation sites is 1. The van der Waals surface area contributed by atoms with E-state index >= 15 is 0 Å². The molecule has 1 aliphatic rings. The molecule has 0 unspecified atom stereocenters. The number of benzene rings is 2. The normalized spacial score (nSPS) is 12.9. The molecule has 4 heteroatoms. The highest BCUT2D eigenvalue weighted by Gasteiger charge is 2.22. The molecule has 2 aromatic rings. The zero-order valence-electron chi connectivity index (χ0n) is 10.6. The second-order valence-corrected chi connectivity index (χ2v) is 6.04. The first-order chi connectivity index (χ1) is 9.63. The molecule has 1 aliphatic heterocycles. The Bertz CT molecular complexity index is 788. The van der Waals surface area contributed by atoms with Gasteiger partial charge in [-0.15, -0.1) is 0 Å². The summed E-state index contributed by atoms with van der Waals surface area (Å²) in [5.74, 6) is 1.54. The van der Waals surface area contributed by atoms with E-state index in [0.29, 0.717) is 5.56 Å². The molecular formula is C16H9Br2NO. The molecule has 98 valence electrons. The number of halogens is 2. The maximum atomic E-state index is 9.18. The van der Waals surface area contributed by atoms with E-state index in [1.54, 1.807) is 6.07 Å². The van der Waals surface area contributed by atoms with Crippen LogP contribution in [0.3, 0.4) is 0 Å². The number of hydrogen-bond donors (Lipinski definition) is 0. The quantitative estimate of drug-likeness (QED) is 0.587. The summed E-state index contributed by atoms with van der Waals surface area (Å²) >= 11 is 7.25. The number of hydrogen-bond acceptors (Lipinski definition) is 2. The van der Waals surface area contributed by atoms with Crippen LogP contribution < -0.4 is 4.74 Å². The molecule has 20 heavy (non-hydrogen) atoms. The van der Waals surface area contributed by atoms with Gasteiger partial charge in [0, 0.05) is 20.1 Å². The van der Waals surface area contributed by atoms with Crippen LogP contribution in [-0.2, 0) is 0 Å². The molecule has 0 saturated carbocycles. The lowest BCUT2D eigenvalue weighted by Crippen LogP contribution is -1.93. The van der Waals surface area contributed by atoms with Crippen molar-refractivity contribution in [2.75, 3.05) is 0 Å². The van der Waals surface area contributed by atoms with Crippen LogP contribution in [0.15, 0.2) is 36.4 Å². The van der Waals surface area contributed by atoms with Gasteiger partial charge in [-0.25, -0.2) is 0 Å². The van der Waals surface area contributed by atoms with Crippen molar-refractivity contribution < 1.29 is 4.74 Å². The molecule has 0 atom stereocenters. The van der Waals surface area contributed by atoms with E-state index < -0.39 is 0 Å². The summed E-state index contributed by atoms with van der Waals surface area (Å²) in [7, 11) is 0. The van der Waals surface area contributed by atoms with E-state index in [4.69, 9.17) is 4.74 Å².